The van der Waals surface area contributed by atoms with Crippen LogP contribution in [-0.2, 0) is 26.4 Å². The molecule has 2 aromatic rings. The lowest BCUT2D eigenvalue weighted by Crippen LogP contribution is -2.50. The number of hydrogen-bond acceptors (Lipinski definition) is 5. The first-order chi connectivity index (χ1) is 13.4. The van der Waals surface area contributed by atoms with E-state index in [2.05, 4.69) is 15.9 Å². The Morgan fingerprint density at radius 3 is 2.46 bits per heavy atom. The number of carbonyl (C=O) groups excluding carboxylic acids is 3. The Kier molecular flexibility index (Phi) is 5.56. The Morgan fingerprint density at radius 1 is 1.21 bits per heavy atom. The molecular weight excluding hydrogens is 426 g/mol. The molecule has 0 spiro atoms. The molecule has 146 valence electrons. The van der Waals surface area contributed by atoms with E-state index in [0.717, 1.165) is 11.1 Å². The van der Waals surface area contributed by atoms with Crippen LogP contribution in [0.2, 0.25) is 0 Å². The fraction of sp³-hybridized carbons (Fsp3) is 0.286. The second-order valence-corrected chi connectivity index (χ2v) is 7.49. The number of aryl methyl sites for hydroxylation is 1. The van der Waals surface area contributed by atoms with Gasteiger partial charge in [0.25, 0.3) is 5.91 Å². The lowest BCUT2D eigenvalue weighted by Gasteiger charge is -2.35. The highest BCUT2D eigenvalue weighted by molar-refractivity contribution is 9.10. The smallest absolute Gasteiger partial charge is 0.337 e. The van der Waals surface area contributed by atoms with Gasteiger partial charge in [-0.2, -0.15) is 0 Å². The minimum Gasteiger partial charge on any atom is -0.497 e. The van der Waals surface area contributed by atoms with Gasteiger partial charge in [0.2, 0.25) is 0 Å². The van der Waals surface area contributed by atoms with Gasteiger partial charge in [-0.15, -0.1) is 0 Å². The monoisotopic (exact) mass is 445 g/mol. The van der Waals surface area contributed by atoms with Gasteiger partial charge < -0.3 is 19.2 Å². The molecule has 1 unspecified atom stereocenters. The number of aldehydes is 1. The first kappa shape index (κ1) is 20.1. The van der Waals surface area contributed by atoms with Gasteiger partial charge in [0.1, 0.15) is 12.0 Å². The van der Waals surface area contributed by atoms with E-state index < -0.39 is 11.5 Å². The highest BCUT2D eigenvalue weighted by atomic mass is 79.9. The van der Waals surface area contributed by atoms with Gasteiger partial charge in [-0.1, -0.05) is 28.1 Å². The first-order valence-electron chi connectivity index (χ1n) is 8.66. The lowest BCUT2D eigenvalue weighted by atomic mass is 9.86. The topological polar surface area (TPSA) is 72.9 Å². The zero-order valence-corrected chi connectivity index (χ0v) is 17.4. The van der Waals surface area contributed by atoms with E-state index in [9.17, 15) is 14.4 Å². The summed E-state index contributed by atoms with van der Waals surface area (Å²) in [6.07, 6.45) is 0.447. The quantitative estimate of drug-likeness (QED) is 0.503. The molecule has 1 aliphatic rings. The Morgan fingerprint density at radius 2 is 1.89 bits per heavy atom. The molecule has 0 radical (unpaired) electrons. The Balaban J connectivity index is 2.18. The van der Waals surface area contributed by atoms with Crippen LogP contribution < -0.4 is 4.74 Å². The third-order valence-electron chi connectivity index (χ3n) is 4.99. The van der Waals surface area contributed by atoms with Crippen LogP contribution in [0.4, 0.5) is 0 Å². The molecule has 28 heavy (non-hydrogen) atoms. The molecular formula is C21H20BrNO5. The SMILES string of the molecule is COC(=O)C1(CC=O)c2c(Br)cc(C)cc2C(=O)N1Cc1ccc(OC)cc1. The minimum absolute atomic E-state index is 0.145. The first-order valence-corrected chi connectivity index (χ1v) is 9.46. The standard InChI is InChI=1S/C21H20BrNO5/c1-13-10-16-18(17(22)11-13)21(8-9-24,20(26)28-3)23(19(16)25)12-14-4-6-15(27-2)7-5-14/h4-7,9-11H,8,12H2,1-3H3. The van der Waals surface area contributed by atoms with E-state index in [1.54, 1.807) is 25.3 Å². The van der Waals surface area contributed by atoms with Crippen molar-refractivity contribution in [1.82, 2.24) is 4.90 Å². The van der Waals surface area contributed by atoms with Crippen molar-refractivity contribution in [2.24, 2.45) is 0 Å². The Bertz CT molecular complexity index is 941. The molecule has 6 nitrogen and oxygen atoms in total. The van der Waals surface area contributed by atoms with Crippen LogP contribution in [-0.4, -0.2) is 37.3 Å². The highest BCUT2D eigenvalue weighted by Crippen LogP contribution is 2.47. The van der Waals surface area contributed by atoms with Gasteiger partial charge in [0.15, 0.2) is 5.54 Å². The largest absolute Gasteiger partial charge is 0.497 e. The number of methoxy groups -OCH3 is 2. The molecule has 0 aromatic heterocycles. The number of rotatable bonds is 6. The predicted octanol–water partition coefficient (Wildman–Crippen LogP) is 3.38. The lowest BCUT2D eigenvalue weighted by molar-refractivity contribution is -0.155. The van der Waals surface area contributed by atoms with Gasteiger partial charge in [-0.05, 0) is 42.3 Å². The van der Waals surface area contributed by atoms with Crippen molar-refractivity contribution in [3.8, 4) is 5.75 Å². The van der Waals surface area contributed by atoms with Crippen LogP contribution in [0.3, 0.4) is 0 Å². The molecule has 1 atom stereocenters. The number of carbonyl (C=O) groups is 3. The van der Waals surface area contributed by atoms with Gasteiger partial charge in [-0.25, -0.2) is 4.79 Å². The zero-order valence-electron chi connectivity index (χ0n) is 15.8. The summed E-state index contributed by atoms with van der Waals surface area (Å²) in [5, 5.41) is 0. The van der Waals surface area contributed by atoms with Crippen molar-refractivity contribution in [3.63, 3.8) is 0 Å². The van der Waals surface area contributed by atoms with E-state index in [1.165, 1.54) is 12.0 Å². The van der Waals surface area contributed by atoms with E-state index in [4.69, 9.17) is 9.47 Å². The fourth-order valence-electron chi connectivity index (χ4n) is 3.70. The molecule has 0 saturated heterocycles. The van der Waals surface area contributed by atoms with Gasteiger partial charge >= 0.3 is 5.97 Å². The number of fused-ring (bicyclic) bond motifs is 1. The second-order valence-electron chi connectivity index (χ2n) is 6.63. The second kappa shape index (κ2) is 7.75. The molecule has 1 amide bonds. The molecule has 1 aliphatic heterocycles. The van der Waals surface area contributed by atoms with Crippen LogP contribution in [0.1, 0.15) is 33.5 Å². The van der Waals surface area contributed by atoms with Crippen LogP contribution in [0, 0.1) is 6.92 Å². The number of nitrogens with zero attached hydrogens (tertiary/aromatic N) is 1. The Hall–Kier alpha value is -2.67. The number of benzene rings is 2. The summed E-state index contributed by atoms with van der Waals surface area (Å²) in [6, 6.07) is 10.8. The molecule has 0 N–H and O–H groups in total. The Labute approximate surface area is 171 Å². The minimum atomic E-state index is -1.52. The van der Waals surface area contributed by atoms with Gasteiger partial charge in [-0.3, -0.25) is 4.79 Å². The molecule has 0 fully saturated rings. The van der Waals surface area contributed by atoms with E-state index in [0.29, 0.717) is 27.6 Å². The van der Waals surface area contributed by atoms with Gasteiger partial charge in [0.05, 0.1) is 14.2 Å². The maximum atomic E-state index is 13.3. The van der Waals surface area contributed by atoms with Crippen LogP contribution in [0.25, 0.3) is 0 Å². The van der Waals surface area contributed by atoms with E-state index in [-0.39, 0.29) is 18.9 Å². The number of esters is 1. The molecule has 3 rings (SSSR count). The van der Waals surface area contributed by atoms with E-state index in [1.807, 2.05) is 25.1 Å². The average molecular weight is 446 g/mol. The van der Waals surface area contributed by atoms with Crippen molar-refractivity contribution in [1.29, 1.82) is 0 Å². The predicted molar refractivity (Wildman–Crippen MR) is 106 cm³/mol. The summed E-state index contributed by atoms with van der Waals surface area (Å²) in [5.41, 5.74) is 1.02. The van der Waals surface area contributed by atoms with E-state index >= 15 is 0 Å². The summed E-state index contributed by atoms with van der Waals surface area (Å²) in [6.45, 7) is 2.01. The summed E-state index contributed by atoms with van der Waals surface area (Å²) in [4.78, 5) is 39.3. The summed E-state index contributed by atoms with van der Waals surface area (Å²) < 4.78 is 10.8. The van der Waals surface area contributed by atoms with Crippen LogP contribution >= 0.6 is 15.9 Å². The average Bonchev–Trinajstić information content (AvgIpc) is 2.91. The summed E-state index contributed by atoms with van der Waals surface area (Å²) >= 11 is 3.48. The van der Waals surface area contributed by atoms with Crippen LogP contribution in [0.15, 0.2) is 40.9 Å². The number of amides is 1. The summed E-state index contributed by atoms with van der Waals surface area (Å²) in [5.74, 6) is -0.280. The number of hydrogen-bond donors (Lipinski definition) is 0. The maximum Gasteiger partial charge on any atom is 0.337 e. The molecule has 0 saturated carbocycles. The van der Waals surface area contributed by atoms with Crippen molar-refractivity contribution in [2.75, 3.05) is 14.2 Å². The van der Waals surface area contributed by atoms with Gasteiger partial charge in [0, 0.05) is 28.6 Å². The van der Waals surface area contributed by atoms with Crippen molar-refractivity contribution in [2.45, 2.75) is 25.4 Å². The van der Waals surface area contributed by atoms with Crippen molar-refractivity contribution < 1.29 is 23.9 Å². The summed E-state index contributed by atoms with van der Waals surface area (Å²) in [7, 11) is 2.83. The third-order valence-corrected chi connectivity index (χ3v) is 5.61. The molecule has 0 bridgehead atoms. The molecule has 1 heterocycles. The van der Waals surface area contributed by atoms with Crippen molar-refractivity contribution >= 4 is 34.1 Å². The highest BCUT2D eigenvalue weighted by Gasteiger charge is 2.56. The van der Waals surface area contributed by atoms with Crippen molar-refractivity contribution in [3.05, 3.63) is 63.1 Å². The molecule has 0 aliphatic carbocycles. The normalized spacial score (nSPS) is 18.0. The fourth-order valence-corrected chi connectivity index (χ4v) is 4.61. The number of ether oxygens (including phenoxy) is 2. The maximum absolute atomic E-state index is 13.3. The van der Waals surface area contributed by atoms with Crippen LogP contribution in [0.5, 0.6) is 5.75 Å². The molecule has 2 aromatic carbocycles. The number of halogens is 1. The third kappa shape index (κ3) is 3.09. The molecule has 7 heteroatoms. The zero-order chi connectivity index (χ0) is 20.5.